The number of nitrogens with zero attached hydrogens (tertiary/aromatic N) is 2. The van der Waals surface area contributed by atoms with Crippen LogP contribution in [0.2, 0.25) is 0 Å². The largest absolute Gasteiger partial charge is 0.354 e. The average Bonchev–Trinajstić information content (AvgIpc) is 2.91. The third kappa shape index (κ3) is 3.91. The highest BCUT2D eigenvalue weighted by Gasteiger charge is 2.32. The topological polar surface area (TPSA) is 66.9 Å². The SMILES string of the molecule is CC(C)CNc1ncc2c(n1)CCCC=C2c1ccc2c(c1)C(C)(C)CNC2=O. The molecule has 0 radical (unpaired) electrons. The summed E-state index contributed by atoms with van der Waals surface area (Å²) in [7, 11) is 0. The van der Waals surface area contributed by atoms with E-state index in [2.05, 4.69) is 61.5 Å². The van der Waals surface area contributed by atoms with E-state index in [0.29, 0.717) is 18.4 Å². The molecule has 0 bridgehead atoms. The number of rotatable bonds is 4. The molecule has 1 aromatic heterocycles. The zero-order valence-corrected chi connectivity index (χ0v) is 17.8. The van der Waals surface area contributed by atoms with Crippen molar-refractivity contribution < 1.29 is 4.79 Å². The van der Waals surface area contributed by atoms with E-state index in [9.17, 15) is 4.79 Å². The quantitative estimate of drug-likeness (QED) is 0.815. The van der Waals surface area contributed by atoms with Crippen molar-refractivity contribution in [1.29, 1.82) is 0 Å². The van der Waals surface area contributed by atoms with Gasteiger partial charge in [-0.25, -0.2) is 9.97 Å². The van der Waals surface area contributed by atoms with Crippen LogP contribution in [0.4, 0.5) is 5.95 Å². The van der Waals surface area contributed by atoms with Crippen LogP contribution in [0.25, 0.3) is 5.57 Å². The van der Waals surface area contributed by atoms with Crippen LogP contribution < -0.4 is 10.6 Å². The van der Waals surface area contributed by atoms with Crippen LogP contribution in [-0.4, -0.2) is 29.0 Å². The number of amides is 1. The molecule has 0 unspecified atom stereocenters. The summed E-state index contributed by atoms with van der Waals surface area (Å²) in [6.07, 6.45) is 7.30. The Morgan fingerprint density at radius 3 is 2.86 bits per heavy atom. The lowest BCUT2D eigenvalue weighted by molar-refractivity contribution is 0.0930. The van der Waals surface area contributed by atoms with Gasteiger partial charge >= 0.3 is 0 Å². The maximum atomic E-state index is 12.3. The van der Waals surface area contributed by atoms with E-state index in [4.69, 9.17) is 4.98 Å². The number of carbonyl (C=O) groups excluding carboxylic acids is 1. The van der Waals surface area contributed by atoms with E-state index in [1.807, 2.05) is 12.3 Å². The lowest BCUT2D eigenvalue weighted by atomic mass is 9.77. The Morgan fingerprint density at radius 2 is 2.07 bits per heavy atom. The Morgan fingerprint density at radius 1 is 1.24 bits per heavy atom. The zero-order chi connectivity index (χ0) is 20.6. The van der Waals surface area contributed by atoms with Gasteiger partial charge in [0.2, 0.25) is 5.95 Å². The van der Waals surface area contributed by atoms with E-state index in [0.717, 1.165) is 53.8 Å². The van der Waals surface area contributed by atoms with E-state index in [1.54, 1.807) is 0 Å². The van der Waals surface area contributed by atoms with Crippen LogP contribution in [-0.2, 0) is 11.8 Å². The van der Waals surface area contributed by atoms with Gasteiger partial charge in [0.1, 0.15) is 0 Å². The molecule has 1 aliphatic carbocycles. The minimum Gasteiger partial charge on any atom is -0.354 e. The molecular weight excluding hydrogens is 360 g/mol. The van der Waals surface area contributed by atoms with Crippen LogP contribution >= 0.6 is 0 Å². The van der Waals surface area contributed by atoms with Gasteiger partial charge in [-0.15, -0.1) is 0 Å². The van der Waals surface area contributed by atoms with Crippen molar-refractivity contribution >= 4 is 17.4 Å². The van der Waals surface area contributed by atoms with Gasteiger partial charge in [-0.05, 0) is 54.0 Å². The van der Waals surface area contributed by atoms with Gasteiger partial charge in [0, 0.05) is 35.8 Å². The van der Waals surface area contributed by atoms with Crippen LogP contribution in [0.1, 0.15) is 73.3 Å². The van der Waals surface area contributed by atoms with E-state index < -0.39 is 0 Å². The highest BCUT2D eigenvalue weighted by molar-refractivity contribution is 5.98. The van der Waals surface area contributed by atoms with Crippen LogP contribution in [0.5, 0.6) is 0 Å². The Hall–Kier alpha value is -2.69. The molecule has 4 rings (SSSR count). The predicted molar refractivity (Wildman–Crippen MR) is 117 cm³/mol. The Bertz CT molecular complexity index is 975. The number of benzene rings is 1. The summed E-state index contributed by atoms with van der Waals surface area (Å²) in [5.74, 6) is 1.27. The fraction of sp³-hybridized carbons (Fsp3) is 0.458. The minimum absolute atomic E-state index is 0.0188. The molecule has 1 aromatic carbocycles. The molecule has 0 fully saturated rings. The maximum absolute atomic E-state index is 12.3. The summed E-state index contributed by atoms with van der Waals surface area (Å²) in [5.41, 5.74) is 6.33. The fourth-order valence-electron chi connectivity index (χ4n) is 4.07. The van der Waals surface area contributed by atoms with E-state index in [-0.39, 0.29) is 11.3 Å². The van der Waals surface area contributed by atoms with Crippen molar-refractivity contribution in [2.75, 3.05) is 18.4 Å². The van der Waals surface area contributed by atoms with Crippen molar-refractivity contribution in [2.45, 2.75) is 52.4 Å². The molecule has 1 aliphatic heterocycles. The normalized spacial score (nSPS) is 17.7. The van der Waals surface area contributed by atoms with E-state index >= 15 is 0 Å². The number of aryl methyl sites for hydroxylation is 1. The third-order valence-corrected chi connectivity index (χ3v) is 5.79. The molecule has 2 N–H and O–H groups in total. The molecule has 0 atom stereocenters. The molecule has 5 nitrogen and oxygen atoms in total. The summed E-state index contributed by atoms with van der Waals surface area (Å²) < 4.78 is 0. The average molecular weight is 391 g/mol. The lowest BCUT2D eigenvalue weighted by Crippen LogP contribution is -2.43. The number of hydrogen-bond donors (Lipinski definition) is 2. The second kappa shape index (κ2) is 7.62. The standard InChI is InChI=1S/C24H30N4O/c1-15(2)12-25-23-26-13-19-17(7-5-6-8-21(19)28-23)16-9-10-18-20(11-16)24(3,4)14-27-22(18)29/h7,9-11,13,15H,5-6,8,12,14H2,1-4H3,(H,27,29)(H,25,26,28). The highest BCUT2D eigenvalue weighted by atomic mass is 16.1. The Labute approximate surface area is 173 Å². The molecule has 5 heteroatoms. The fourth-order valence-corrected chi connectivity index (χ4v) is 4.07. The first kappa shape index (κ1) is 19.6. The monoisotopic (exact) mass is 390 g/mol. The number of aromatic nitrogens is 2. The summed E-state index contributed by atoms with van der Waals surface area (Å²) >= 11 is 0. The van der Waals surface area contributed by atoms with Crippen molar-refractivity contribution in [2.24, 2.45) is 5.92 Å². The van der Waals surface area contributed by atoms with Gasteiger partial charge in [0.25, 0.3) is 5.91 Å². The molecule has 2 aromatic rings. The van der Waals surface area contributed by atoms with Crippen LogP contribution in [0.15, 0.2) is 30.5 Å². The first-order valence-electron chi connectivity index (χ1n) is 10.6. The molecule has 29 heavy (non-hydrogen) atoms. The molecule has 0 saturated heterocycles. The molecule has 2 aliphatic rings. The van der Waals surface area contributed by atoms with Crippen molar-refractivity contribution in [3.63, 3.8) is 0 Å². The summed E-state index contributed by atoms with van der Waals surface area (Å²) in [4.78, 5) is 21.7. The van der Waals surface area contributed by atoms with Gasteiger partial charge in [-0.2, -0.15) is 0 Å². The number of fused-ring (bicyclic) bond motifs is 2. The summed E-state index contributed by atoms with van der Waals surface area (Å²) in [6.45, 7) is 10.2. The number of allylic oxidation sites excluding steroid dienone is 1. The molecular formula is C24H30N4O. The molecule has 2 heterocycles. The predicted octanol–water partition coefficient (Wildman–Crippen LogP) is 4.33. The van der Waals surface area contributed by atoms with Gasteiger partial charge < -0.3 is 10.6 Å². The van der Waals surface area contributed by atoms with Crippen LogP contribution in [0.3, 0.4) is 0 Å². The van der Waals surface area contributed by atoms with Crippen molar-refractivity contribution in [1.82, 2.24) is 15.3 Å². The lowest BCUT2D eigenvalue weighted by Gasteiger charge is -2.33. The molecule has 0 spiro atoms. The van der Waals surface area contributed by atoms with Gasteiger partial charge in [-0.3, -0.25) is 4.79 Å². The van der Waals surface area contributed by atoms with E-state index in [1.165, 1.54) is 5.57 Å². The van der Waals surface area contributed by atoms with Crippen molar-refractivity contribution in [3.05, 3.63) is 58.4 Å². The molecule has 1 amide bonds. The number of carbonyl (C=O) groups is 1. The number of hydrogen-bond acceptors (Lipinski definition) is 4. The van der Waals surface area contributed by atoms with Gasteiger partial charge in [0.15, 0.2) is 0 Å². The Balaban J connectivity index is 1.73. The maximum Gasteiger partial charge on any atom is 0.251 e. The van der Waals surface area contributed by atoms with Gasteiger partial charge in [0.05, 0.1) is 5.69 Å². The van der Waals surface area contributed by atoms with Gasteiger partial charge in [-0.1, -0.05) is 39.8 Å². The number of nitrogens with one attached hydrogen (secondary N) is 2. The minimum atomic E-state index is -0.0888. The zero-order valence-electron chi connectivity index (χ0n) is 17.8. The number of anilines is 1. The second-order valence-electron chi connectivity index (χ2n) is 9.17. The Kier molecular flexibility index (Phi) is 5.15. The van der Waals surface area contributed by atoms with Crippen molar-refractivity contribution in [3.8, 4) is 0 Å². The molecule has 152 valence electrons. The first-order valence-corrected chi connectivity index (χ1v) is 10.6. The highest BCUT2D eigenvalue weighted by Crippen LogP contribution is 2.35. The van der Waals surface area contributed by atoms with Crippen LogP contribution in [0, 0.1) is 5.92 Å². The summed E-state index contributed by atoms with van der Waals surface area (Å²) in [5, 5.41) is 6.34. The smallest absolute Gasteiger partial charge is 0.251 e. The summed E-state index contributed by atoms with van der Waals surface area (Å²) in [6, 6.07) is 6.22. The third-order valence-electron chi connectivity index (χ3n) is 5.79. The first-order chi connectivity index (χ1) is 13.8. The second-order valence-corrected chi connectivity index (χ2v) is 9.17. The molecule has 0 saturated carbocycles.